The lowest BCUT2D eigenvalue weighted by Gasteiger charge is -2.32. The molecule has 1 fully saturated rings. The van der Waals surface area contributed by atoms with E-state index in [2.05, 4.69) is 4.90 Å². The minimum Gasteiger partial charge on any atom is -0.481 e. The normalized spacial score (nSPS) is 22.9. The smallest absolute Gasteiger partial charge is 0.304 e. The summed E-state index contributed by atoms with van der Waals surface area (Å²) in [6.07, 6.45) is 2.63. The monoisotopic (exact) mass is 215 g/mol. The molecule has 1 atom stereocenters. The molecule has 4 heteroatoms. The van der Waals surface area contributed by atoms with Gasteiger partial charge in [-0.2, -0.15) is 0 Å². The van der Waals surface area contributed by atoms with Gasteiger partial charge in [-0.3, -0.25) is 4.79 Å². The molecule has 88 valence electrons. The molecule has 1 aliphatic heterocycles. The Labute approximate surface area is 91.2 Å². The van der Waals surface area contributed by atoms with Gasteiger partial charge in [-0.05, 0) is 32.2 Å². The molecule has 0 saturated carbocycles. The Morgan fingerprint density at radius 2 is 2.40 bits per heavy atom. The molecular formula is C11H21NO3. The van der Waals surface area contributed by atoms with Gasteiger partial charge >= 0.3 is 5.97 Å². The highest BCUT2D eigenvalue weighted by Crippen LogP contribution is 2.16. The zero-order chi connectivity index (χ0) is 11.1. The van der Waals surface area contributed by atoms with Crippen molar-refractivity contribution in [2.45, 2.75) is 26.2 Å². The molecule has 0 radical (unpaired) electrons. The van der Waals surface area contributed by atoms with Crippen LogP contribution in [-0.4, -0.2) is 48.8 Å². The highest BCUT2D eigenvalue weighted by Gasteiger charge is 2.19. The maximum Gasteiger partial charge on any atom is 0.304 e. The first-order valence-corrected chi connectivity index (χ1v) is 5.74. The summed E-state index contributed by atoms with van der Waals surface area (Å²) in [4.78, 5) is 12.7. The van der Waals surface area contributed by atoms with Crippen molar-refractivity contribution in [1.82, 2.24) is 4.90 Å². The molecule has 0 aliphatic carbocycles. The molecular weight excluding hydrogens is 194 g/mol. The van der Waals surface area contributed by atoms with E-state index in [9.17, 15) is 4.79 Å². The average Bonchev–Trinajstić information content (AvgIpc) is 2.24. The van der Waals surface area contributed by atoms with Crippen molar-refractivity contribution in [3.05, 3.63) is 0 Å². The van der Waals surface area contributed by atoms with Gasteiger partial charge in [0.15, 0.2) is 0 Å². The molecule has 1 saturated heterocycles. The van der Waals surface area contributed by atoms with E-state index in [1.807, 2.05) is 6.92 Å². The topological polar surface area (TPSA) is 49.8 Å². The fraction of sp³-hybridized carbons (Fsp3) is 0.909. The Bertz CT molecular complexity index is 196. The zero-order valence-electron chi connectivity index (χ0n) is 9.45. The molecule has 1 heterocycles. The van der Waals surface area contributed by atoms with Crippen LogP contribution in [0.15, 0.2) is 0 Å². The van der Waals surface area contributed by atoms with Crippen LogP contribution in [0.25, 0.3) is 0 Å². The SMILES string of the molecule is CCOC[C@@H]1CCCN(CCC(=O)O)C1. The van der Waals surface area contributed by atoms with Crippen molar-refractivity contribution < 1.29 is 14.6 Å². The first-order chi connectivity index (χ1) is 7.22. The summed E-state index contributed by atoms with van der Waals surface area (Å²) < 4.78 is 5.40. The maximum absolute atomic E-state index is 10.4. The van der Waals surface area contributed by atoms with Crippen LogP contribution in [0.1, 0.15) is 26.2 Å². The third-order valence-corrected chi connectivity index (χ3v) is 2.80. The van der Waals surface area contributed by atoms with Crippen molar-refractivity contribution >= 4 is 5.97 Å². The van der Waals surface area contributed by atoms with Crippen LogP contribution in [-0.2, 0) is 9.53 Å². The molecule has 0 bridgehead atoms. The third kappa shape index (κ3) is 5.14. The van der Waals surface area contributed by atoms with Crippen molar-refractivity contribution in [3.63, 3.8) is 0 Å². The van der Waals surface area contributed by atoms with Crippen LogP contribution in [0.3, 0.4) is 0 Å². The summed E-state index contributed by atoms with van der Waals surface area (Å²) in [5, 5.41) is 8.60. The van der Waals surface area contributed by atoms with Crippen molar-refractivity contribution in [2.75, 3.05) is 32.8 Å². The van der Waals surface area contributed by atoms with E-state index in [0.29, 0.717) is 12.5 Å². The molecule has 0 unspecified atom stereocenters. The van der Waals surface area contributed by atoms with Gasteiger partial charge in [-0.1, -0.05) is 0 Å². The van der Waals surface area contributed by atoms with Crippen molar-refractivity contribution in [2.24, 2.45) is 5.92 Å². The second-order valence-corrected chi connectivity index (χ2v) is 4.11. The van der Waals surface area contributed by atoms with Gasteiger partial charge in [0.25, 0.3) is 0 Å². The van der Waals surface area contributed by atoms with E-state index in [0.717, 1.165) is 32.7 Å². The van der Waals surface area contributed by atoms with Crippen LogP contribution in [0.5, 0.6) is 0 Å². The summed E-state index contributed by atoms with van der Waals surface area (Å²) in [5.41, 5.74) is 0. The molecule has 0 aromatic carbocycles. The third-order valence-electron chi connectivity index (χ3n) is 2.80. The molecule has 4 nitrogen and oxygen atoms in total. The number of aliphatic carboxylic acids is 1. The summed E-state index contributed by atoms with van der Waals surface area (Å²) in [5.74, 6) is -0.116. The number of carboxylic acid groups (broad SMARTS) is 1. The van der Waals surface area contributed by atoms with Gasteiger partial charge in [-0.15, -0.1) is 0 Å². The van der Waals surface area contributed by atoms with Gasteiger partial charge in [-0.25, -0.2) is 0 Å². The number of carbonyl (C=O) groups is 1. The largest absolute Gasteiger partial charge is 0.481 e. The number of ether oxygens (including phenoxy) is 1. The molecule has 1 N–H and O–H groups in total. The first kappa shape index (κ1) is 12.5. The molecule has 1 rings (SSSR count). The Balaban J connectivity index is 2.19. The summed E-state index contributed by atoms with van der Waals surface area (Å²) in [6, 6.07) is 0. The summed E-state index contributed by atoms with van der Waals surface area (Å²) in [7, 11) is 0. The highest BCUT2D eigenvalue weighted by molar-refractivity contribution is 5.66. The summed E-state index contributed by atoms with van der Waals surface area (Å²) >= 11 is 0. The van der Waals surface area contributed by atoms with Gasteiger partial charge in [0.2, 0.25) is 0 Å². The Morgan fingerprint density at radius 1 is 1.60 bits per heavy atom. The Kier molecular flexibility index (Phi) is 5.65. The lowest BCUT2D eigenvalue weighted by molar-refractivity contribution is -0.137. The minimum absolute atomic E-state index is 0.251. The molecule has 1 aliphatic rings. The van der Waals surface area contributed by atoms with E-state index in [1.165, 1.54) is 6.42 Å². The van der Waals surface area contributed by atoms with Gasteiger partial charge in [0.1, 0.15) is 0 Å². The van der Waals surface area contributed by atoms with E-state index in [1.54, 1.807) is 0 Å². The average molecular weight is 215 g/mol. The van der Waals surface area contributed by atoms with Crippen LogP contribution in [0, 0.1) is 5.92 Å². The number of carboxylic acids is 1. The fourth-order valence-electron chi connectivity index (χ4n) is 2.03. The lowest BCUT2D eigenvalue weighted by atomic mass is 9.99. The van der Waals surface area contributed by atoms with Gasteiger partial charge in [0, 0.05) is 19.7 Å². The van der Waals surface area contributed by atoms with E-state index >= 15 is 0 Å². The van der Waals surface area contributed by atoms with Crippen molar-refractivity contribution in [1.29, 1.82) is 0 Å². The molecule has 0 amide bonds. The van der Waals surface area contributed by atoms with Gasteiger partial charge in [0.05, 0.1) is 13.0 Å². The van der Waals surface area contributed by atoms with E-state index in [-0.39, 0.29) is 6.42 Å². The second kappa shape index (κ2) is 6.80. The van der Waals surface area contributed by atoms with Gasteiger partial charge < -0.3 is 14.7 Å². The number of hydrogen-bond acceptors (Lipinski definition) is 3. The van der Waals surface area contributed by atoms with Crippen LogP contribution in [0.2, 0.25) is 0 Å². The number of piperidine rings is 1. The first-order valence-electron chi connectivity index (χ1n) is 5.74. The predicted molar refractivity (Wildman–Crippen MR) is 57.9 cm³/mol. The standard InChI is InChI=1S/C11H21NO3/c1-2-15-9-10-4-3-6-12(8-10)7-5-11(13)14/h10H,2-9H2,1H3,(H,13,14)/t10-/m1/s1. The van der Waals surface area contributed by atoms with E-state index < -0.39 is 5.97 Å². The number of hydrogen-bond donors (Lipinski definition) is 1. The second-order valence-electron chi connectivity index (χ2n) is 4.11. The van der Waals surface area contributed by atoms with E-state index in [4.69, 9.17) is 9.84 Å². The van der Waals surface area contributed by atoms with Crippen molar-refractivity contribution in [3.8, 4) is 0 Å². The zero-order valence-corrected chi connectivity index (χ0v) is 9.45. The number of rotatable bonds is 6. The van der Waals surface area contributed by atoms with Crippen LogP contribution < -0.4 is 0 Å². The lowest BCUT2D eigenvalue weighted by Crippen LogP contribution is -2.38. The Hall–Kier alpha value is -0.610. The minimum atomic E-state index is -0.707. The molecule has 15 heavy (non-hydrogen) atoms. The fourth-order valence-corrected chi connectivity index (χ4v) is 2.03. The summed E-state index contributed by atoms with van der Waals surface area (Å²) in [6.45, 7) is 6.30. The molecule has 0 aromatic rings. The predicted octanol–water partition coefficient (Wildman–Crippen LogP) is 1.21. The maximum atomic E-state index is 10.4. The molecule has 0 spiro atoms. The number of nitrogens with zero attached hydrogens (tertiary/aromatic N) is 1. The highest BCUT2D eigenvalue weighted by atomic mass is 16.5. The number of likely N-dealkylation sites (tertiary alicyclic amines) is 1. The quantitative estimate of drug-likeness (QED) is 0.723. The Morgan fingerprint density at radius 3 is 3.07 bits per heavy atom. The van der Waals surface area contributed by atoms with Crippen LogP contribution >= 0.6 is 0 Å². The van der Waals surface area contributed by atoms with Crippen LogP contribution in [0.4, 0.5) is 0 Å². The molecule has 0 aromatic heterocycles.